The Morgan fingerprint density at radius 3 is 2.11 bits per heavy atom. The van der Waals surface area contributed by atoms with E-state index in [4.69, 9.17) is 23.7 Å². The first-order valence-electron chi connectivity index (χ1n) is 14.0. The topological polar surface area (TPSA) is 167 Å². The van der Waals surface area contributed by atoms with E-state index >= 15 is 0 Å². The molecule has 0 spiro atoms. The van der Waals surface area contributed by atoms with Gasteiger partial charge < -0.3 is 33.9 Å². The van der Waals surface area contributed by atoms with Crippen LogP contribution in [0.2, 0.25) is 0 Å². The summed E-state index contributed by atoms with van der Waals surface area (Å²) in [6.45, 7) is 0.366. The van der Waals surface area contributed by atoms with E-state index in [-0.39, 0.29) is 43.5 Å². The van der Waals surface area contributed by atoms with Crippen molar-refractivity contribution in [1.29, 1.82) is 0 Å². The van der Waals surface area contributed by atoms with Gasteiger partial charge in [-0.1, -0.05) is 6.07 Å². The predicted molar refractivity (Wildman–Crippen MR) is 168 cm³/mol. The number of nitrogens with zero attached hydrogens (tertiary/aromatic N) is 2. The number of amides is 4. The SMILES string of the molecule is COc1cc(OC)c(C=CS(=O)(=O)Cc2ccc(OC)c(OC(=O)N(C)CCNC(=O)CCCN3C(=O)C=CC3=O)c2)c(OC)c1. The van der Waals surface area contributed by atoms with Crippen molar-refractivity contribution in [2.24, 2.45) is 0 Å². The Balaban J connectivity index is 1.57. The lowest BCUT2D eigenvalue weighted by Gasteiger charge is -2.18. The predicted octanol–water partition coefficient (Wildman–Crippen LogP) is 2.56. The van der Waals surface area contributed by atoms with Crippen LogP contribution < -0.4 is 29.0 Å². The smallest absolute Gasteiger partial charge is 0.415 e. The Morgan fingerprint density at radius 1 is 0.891 bits per heavy atom. The number of sulfone groups is 1. The third kappa shape index (κ3) is 9.72. The van der Waals surface area contributed by atoms with Gasteiger partial charge in [0, 0.05) is 62.8 Å². The number of hydrogen-bond donors (Lipinski definition) is 1. The molecule has 248 valence electrons. The highest BCUT2D eigenvalue weighted by Crippen LogP contribution is 2.35. The maximum absolute atomic E-state index is 13.0. The molecule has 0 unspecified atom stereocenters. The number of benzene rings is 2. The Labute approximate surface area is 267 Å². The van der Waals surface area contributed by atoms with Crippen molar-refractivity contribution in [2.75, 3.05) is 55.1 Å². The van der Waals surface area contributed by atoms with Gasteiger partial charge in [0.05, 0.1) is 39.8 Å². The van der Waals surface area contributed by atoms with E-state index in [1.165, 1.54) is 70.7 Å². The first-order chi connectivity index (χ1) is 21.9. The van der Waals surface area contributed by atoms with E-state index in [0.717, 1.165) is 10.3 Å². The minimum absolute atomic E-state index is 0.0130. The van der Waals surface area contributed by atoms with Gasteiger partial charge in [0.1, 0.15) is 17.2 Å². The van der Waals surface area contributed by atoms with Gasteiger partial charge in [-0.3, -0.25) is 19.3 Å². The van der Waals surface area contributed by atoms with Crippen molar-refractivity contribution in [3.63, 3.8) is 0 Å². The van der Waals surface area contributed by atoms with Crippen LogP contribution in [0, 0.1) is 0 Å². The Bertz CT molecular complexity index is 1580. The lowest BCUT2D eigenvalue weighted by atomic mass is 10.1. The number of nitrogens with one attached hydrogen (secondary N) is 1. The lowest BCUT2D eigenvalue weighted by molar-refractivity contribution is -0.137. The molecule has 46 heavy (non-hydrogen) atoms. The minimum Gasteiger partial charge on any atom is -0.496 e. The van der Waals surface area contributed by atoms with Crippen molar-refractivity contribution in [2.45, 2.75) is 18.6 Å². The first-order valence-corrected chi connectivity index (χ1v) is 15.7. The van der Waals surface area contributed by atoms with Crippen LogP contribution >= 0.6 is 0 Å². The number of imide groups is 1. The molecule has 0 fully saturated rings. The molecule has 1 aliphatic heterocycles. The van der Waals surface area contributed by atoms with Gasteiger partial charge >= 0.3 is 6.09 Å². The van der Waals surface area contributed by atoms with Crippen LogP contribution in [0.3, 0.4) is 0 Å². The number of likely N-dealkylation sites (N-methyl/N-ethyl adjacent to an activating group) is 1. The summed E-state index contributed by atoms with van der Waals surface area (Å²) in [5.74, 6) is -0.101. The molecule has 1 heterocycles. The number of methoxy groups -OCH3 is 4. The van der Waals surface area contributed by atoms with Crippen molar-refractivity contribution in [3.8, 4) is 28.7 Å². The molecule has 4 amide bonds. The van der Waals surface area contributed by atoms with Gasteiger partial charge in [0.25, 0.3) is 11.8 Å². The molecule has 0 saturated heterocycles. The maximum Gasteiger partial charge on any atom is 0.415 e. The summed E-state index contributed by atoms with van der Waals surface area (Å²) in [4.78, 5) is 50.3. The second-order valence-electron chi connectivity index (χ2n) is 9.95. The number of carbonyl (C=O) groups excluding carboxylic acids is 4. The van der Waals surface area contributed by atoms with E-state index in [1.807, 2.05) is 0 Å². The van der Waals surface area contributed by atoms with Crippen LogP contribution in [0.4, 0.5) is 4.79 Å². The zero-order valence-corrected chi connectivity index (χ0v) is 27.0. The number of rotatable bonds is 16. The van der Waals surface area contributed by atoms with E-state index in [9.17, 15) is 27.6 Å². The largest absolute Gasteiger partial charge is 0.496 e. The maximum atomic E-state index is 13.0. The molecule has 0 aromatic heterocycles. The molecule has 0 atom stereocenters. The highest BCUT2D eigenvalue weighted by Gasteiger charge is 2.23. The highest BCUT2D eigenvalue weighted by atomic mass is 32.2. The zero-order chi connectivity index (χ0) is 33.9. The van der Waals surface area contributed by atoms with Gasteiger partial charge in [-0.15, -0.1) is 0 Å². The van der Waals surface area contributed by atoms with E-state index < -0.39 is 33.5 Å². The molecule has 0 radical (unpaired) electrons. The normalized spacial score (nSPS) is 12.8. The molecule has 0 bridgehead atoms. The number of ether oxygens (including phenoxy) is 5. The van der Waals surface area contributed by atoms with Crippen LogP contribution in [0.1, 0.15) is 24.0 Å². The molecule has 2 aromatic rings. The molecular formula is C31H37N3O11S. The minimum atomic E-state index is -3.81. The van der Waals surface area contributed by atoms with Gasteiger partial charge in [0.15, 0.2) is 21.3 Å². The molecule has 1 N–H and O–H groups in total. The third-order valence-corrected chi connectivity index (χ3v) is 8.04. The van der Waals surface area contributed by atoms with E-state index in [0.29, 0.717) is 34.8 Å². The summed E-state index contributed by atoms with van der Waals surface area (Å²) in [6.07, 6.45) is 3.37. The Kier molecular flexibility index (Phi) is 12.6. The van der Waals surface area contributed by atoms with Crippen molar-refractivity contribution in [3.05, 3.63) is 59.0 Å². The summed E-state index contributed by atoms with van der Waals surface area (Å²) < 4.78 is 52.8. The van der Waals surface area contributed by atoms with Crippen LogP contribution in [-0.4, -0.2) is 97.2 Å². The molecule has 0 saturated carbocycles. The summed E-state index contributed by atoms with van der Waals surface area (Å²) in [7, 11) is 3.42. The van der Waals surface area contributed by atoms with Crippen LogP contribution in [0.25, 0.3) is 6.08 Å². The lowest BCUT2D eigenvalue weighted by Crippen LogP contribution is -2.38. The summed E-state index contributed by atoms with van der Waals surface area (Å²) in [6, 6.07) is 7.64. The highest BCUT2D eigenvalue weighted by molar-refractivity contribution is 7.93. The molecule has 1 aliphatic rings. The van der Waals surface area contributed by atoms with Crippen LogP contribution in [0.5, 0.6) is 28.7 Å². The molecule has 2 aromatic carbocycles. The quantitative estimate of drug-likeness (QED) is 0.263. The van der Waals surface area contributed by atoms with Crippen LogP contribution in [0.15, 0.2) is 47.9 Å². The Hall–Kier alpha value is -5.05. The van der Waals surface area contributed by atoms with Gasteiger partial charge in [-0.2, -0.15) is 0 Å². The summed E-state index contributed by atoms with van der Waals surface area (Å²) in [5, 5.41) is 3.71. The van der Waals surface area contributed by atoms with Crippen molar-refractivity contribution < 1.29 is 51.3 Å². The number of hydrogen-bond acceptors (Lipinski definition) is 11. The number of carbonyl (C=O) groups is 4. The van der Waals surface area contributed by atoms with Crippen molar-refractivity contribution >= 4 is 39.7 Å². The third-order valence-electron chi connectivity index (χ3n) is 6.76. The fraction of sp³-hybridized carbons (Fsp3) is 0.355. The molecule has 15 heteroatoms. The van der Waals surface area contributed by atoms with Gasteiger partial charge in [-0.05, 0) is 30.2 Å². The first kappa shape index (κ1) is 35.4. The summed E-state index contributed by atoms with van der Waals surface area (Å²) >= 11 is 0. The van der Waals surface area contributed by atoms with Gasteiger partial charge in [0.2, 0.25) is 5.91 Å². The van der Waals surface area contributed by atoms with Gasteiger partial charge in [-0.25, -0.2) is 13.2 Å². The fourth-order valence-electron chi connectivity index (χ4n) is 4.30. The summed E-state index contributed by atoms with van der Waals surface area (Å²) in [5.41, 5.74) is 0.746. The second-order valence-corrected chi connectivity index (χ2v) is 11.8. The average Bonchev–Trinajstić information content (AvgIpc) is 3.35. The standard InChI is InChI=1S/C31H37N3O11S/c1-33(15-13-32-28(35)7-6-14-34-29(36)10-11-30(34)37)31(38)45-27-17-21(8-9-24(27)42-3)20-46(39,40)16-12-23-25(43-4)18-22(41-2)19-26(23)44-5/h8-12,16-19H,6-7,13-15,20H2,1-5H3,(H,32,35). The fourth-order valence-corrected chi connectivity index (χ4v) is 5.39. The van der Waals surface area contributed by atoms with E-state index in [2.05, 4.69) is 5.32 Å². The molecular weight excluding hydrogens is 622 g/mol. The molecule has 3 rings (SSSR count). The monoisotopic (exact) mass is 659 g/mol. The van der Waals surface area contributed by atoms with Crippen LogP contribution in [-0.2, 0) is 30.0 Å². The molecule has 0 aliphatic carbocycles. The zero-order valence-electron chi connectivity index (χ0n) is 26.2. The van der Waals surface area contributed by atoms with E-state index in [1.54, 1.807) is 18.2 Å². The Morgan fingerprint density at radius 2 is 1.52 bits per heavy atom. The average molecular weight is 660 g/mol. The second kappa shape index (κ2) is 16.3. The molecule has 14 nitrogen and oxygen atoms in total. The van der Waals surface area contributed by atoms with Crippen molar-refractivity contribution in [1.82, 2.24) is 15.1 Å².